The van der Waals surface area contributed by atoms with E-state index in [1.165, 1.54) is 19.4 Å². The van der Waals surface area contributed by atoms with E-state index in [9.17, 15) is 0 Å². The largest absolute Gasteiger partial charge is 0.380 e. The highest BCUT2D eigenvalue weighted by atomic mass is 16.5. The summed E-state index contributed by atoms with van der Waals surface area (Å²) in [6, 6.07) is 0.595. The number of hydrogen-bond donors (Lipinski definition) is 1. The van der Waals surface area contributed by atoms with Gasteiger partial charge in [0, 0.05) is 31.8 Å². The van der Waals surface area contributed by atoms with Gasteiger partial charge in [0.1, 0.15) is 0 Å². The molecule has 96 valence electrons. The molecule has 2 unspecified atom stereocenters. The lowest BCUT2D eigenvalue weighted by Gasteiger charge is -2.37. The van der Waals surface area contributed by atoms with Crippen LogP contribution in [0.2, 0.25) is 0 Å². The lowest BCUT2D eigenvalue weighted by atomic mass is 10.0. The third-order valence-electron chi connectivity index (χ3n) is 3.29. The molecule has 2 atom stereocenters. The molecule has 0 amide bonds. The van der Waals surface area contributed by atoms with Crippen LogP contribution >= 0.6 is 0 Å². The Hall–Kier alpha value is -0.120. The van der Waals surface area contributed by atoms with Gasteiger partial charge in [0.05, 0.1) is 6.10 Å². The average molecular weight is 228 g/mol. The second-order valence-electron chi connectivity index (χ2n) is 5.97. The third-order valence-corrected chi connectivity index (χ3v) is 3.29. The average Bonchev–Trinajstić information content (AvgIpc) is 2.25. The van der Waals surface area contributed by atoms with Gasteiger partial charge in [0.15, 0.2) is 0 Å². The second-order valence-corrected chi connectivity index (χ2v) is 5.97. The van der Waals surface area contributed by atoms with Crippen LogP contribution in [-0.4, -0.2) is 49.3 Å². The fraction of sp³-hybridized carbons (Fsp3) is 1.00. The fourth-order valence-electron chi connectivity index (χ4n) is 2.14. The summed E-state index contributed by atoms with van der Waals surface area (Å²) in [5, 5.41) is 3.57. The Balaban J connectivity index is 2.32. The van der Waals surface area contributed by atoms with E-state index < -0.39 is 0 Å². The van der Waals surface area contributed by atoms with Crippen LogP contribution < -0.4 is 5.32 Å². The number of methoxy groups -OCH3 is 1. The number of rotatable bonds is 4. The molecule has 1 heterocycles. The van der Waals surface area contributed by atoms with Gasteiger partial charge in [0.25, 0.3) is 0 Å². The van der Waals surface area contributed by atoms with Crippen molar-refractivity contribution in [3.8, 4) is 0 Å². The molecule has 1 saturated heterocycles. The van der Waals surface area contributed by atoms with Crippen molar-refractivity contribution in [2.24, 2.45) is 0 Å². The van der Waals surface area contributed by atoms with Crippen LogP contribution in [0, 0.1) is 0 Å². The molecule has 1 aliphatic rings. The van der Waals surface area contributed by atoms with Crippen LogP contribution in [0.3, 0.4) is 0 Å². The van der Waals surface area contributed by atoms with E-state index in [0.29, 0.717) is 12.1 Å². The molecule has 0 aromatic heterocycles. The van der Waals surface area contributed by atoms with Crippen LogP contribution in [0.5, 0.6) is 0 Å². The van der Waals surface area contributed by atoms with Crippen LogP contribution in [0.15, 0.2) is 0 Å². The highest BCUT2D eigenvalue weighted by Gasteiger charge is 2.23. The Morgan fingerprint density at radius 1 is 1.44 bits per heavy atom. The molecule has 0 aromatic rings. The number of piperidine rings is 1. The molecule has 3 nitrogen and oxygen atoms in total. The zero-order valence-corrected chi connectivity index (χ0v) is 11.5. The third kappa shape index (κ3) is 4.81. The summed E-state index contributed by atoms with van der Waals surface area (Å²) >= 11 is 0. The molecule has 0 aromatic carbocycles. The van der Waals surface area contributed by atoms with Gasteiger partial charge in [-0.15, -0.1) is 0 Å². The van der Waals surface area contributed by atoms with Gasteiger partial charge < -0.3 is 10.1 Å². The molecule has 0 aliphatic carbocycles. The van der Waals surface area contributed by atoms with E-state index in [0.717, 1.165) is 13.1 Å². The Kier molecular flexibility index (Phi) is 5.22. The highest BCUT2D eigenvalue weighted by molar-refractivity contribution is 4.80. The summed E-state index contributed by atoms with van der Waals surface area (Å²) < 4.78 is 5.45. The zero-order chi connectivity index (χ0) is 12.2. The molecule has 1 N–H and O–H groups in total. The first-order valence-corrected chi connectivity index (χ1v) is 6.44. The Bertz CT molecular complexity index is 201. The van der Waals surface area contributed by atoms with Gasteiger partial charge in [-0.1, -0.05) is 0 Å². The van der Waals surface area contributed by atoms with E-state index in [1.807, 2.05) is 7.11 Å². The number of hydrogen-bond acceptors (Lipinski definition) is 3. The minimum atomic E-state index is 0.213. The molecule has 0 radical (unpaired) electrons. The lowest BCUT2D eigenvalue weighted by Crippen LogP contribution is -2.50. The van der Waals surface area contributed by atoms with Gasteiger partial charge in [-0.2, -0.15) is 0 Å². The smallest absolute Gasteiger partial charge is 0.0698 e. The number of likely N-dealkylation sites (tertiary alicyclic amines) is 1. The first-order valence-electron chi connectivity index (χ1n) is 6.44. The van der Waals surface area contributed by atoms with Crippen LogP contribution in [0.4, 0.5) is 0 Å². The monoisotopic (exact) mass is 228 g/mol. The molecular weight excluding hydrogens is 200 g/mol. The summed E-state index contributed by atoms with van der Waals surface area (Å²) in [5.41, 5.74) is 0.213. The summed E-state index contributed by atoms with van der Waals surface area (Å²) in [6.07, 6.45) is 2.91. The maximum absolute atomic E-state index is 5.45. The molecule has 1 aliphatic heterocycles. The van der Waals surface area contributed by atoms with E-state index in [4.69, 9.17) is 4.74 Å². The molecule has 3 heteroatoms. The Morgan fingerprint density at radius 2 is 2.12 bits per heavy atom. The summed E-state index contributed by atoms with van der Waals surface area (Å²) in [7, 11) is 1.83. The van der Waals surface area contributed by atoms with Crippen LogP contribution in [0.25, 0.3) is 0 Å². The Labute approximate surface area is 101 Å². The highest BCUT2D eigenvalue weighted by Crippen LogP contribution is 2.15. The minimum Gasteiger partial charge on any atom is -0.380 e. The zero-order valence-electron chi connectivity index (χ0n) is 11.5. The molecule has 0 saturated carbocycles. The molecule has 1 rings (SSSR count). The van der Waals surface area contributed by atoms with Crippen molar-refractivity contribution < 1.29 is 4.74 Å². The topological polar surface area (TPSA) is 24.5 Å². The fourth-order valence-corrected chi connectivity index (χ4v) is 2.14. The maximum atomic E-state index is 5.45. The second kappa shape index (κ2) is 5.99. The van der Waals surface area contributed by atoms with Gasteiger partial charge >= 0.3 is 0 Å². The summed E-state index contributed by atoms with van der Waals surface area (Å²) in [4.78, 5) is 2.54. The van der Waals surface area contributed by atoms with Gasteiger partial charge in [-0.05, 0) is 47.1 Å². The molecule has 0 spiro atoms. The van der Waals surface area contributed by atoms with Crippen molar-refractivity contribution in [1.29, 1.82) is 0 Å². The van der Waals surface area contributed by atoms with Gasteiger partial charge in [0.2, 0.25) is 0 Å². The van der Waals surface area contributed by atoms with E-state index in [1.54, 1.807) is 0 Å². The Morgan fingerprint density at radius 3 is 2.69 bits per heavy atom. The van der Waals surface area contributed by atoms with Crippen LogP contribution in [-0.2, 0) is 4.74 Å². The van der Waals surface area contributed by atoms with Crippen molar-refractivity contribution in [2.45, 2.75) is 58.2 Å². The predicted octanol–water partition coefficient (Wildman–Crippen LogP) is 1.87. The first-order chi connectivity index (χ1) is 7.42. The maximum Gasteiger partial charge on any atom is 0.0698 e. The summed E-state index contributed by atoms with van der Waals surface area (Å²) in [5.74, 6) is 0. The standard InChI is InChI=1S/C13H28N2O/c1-11(9-14-13(2,3)4)15-8-6-7-12(10-15)16-5/h11-12,14H,6-10H2,1-5H3. The number of nitrogens with zero attached hydrogens (tertiary/aromatic N) is 1. The molecule has 16 heavy (non-hydrogen) atoms. The van der Waals surface area contributed by atoms with Crippen molar-refractivity contribution in [3.05, 3.63) is 0 Å². The first kappa shape index (κ1) is 13.9. The van der Waals surface area contributed by atoms with E-state index in [2.05, 4.69) is 37.9 Å². The SMILES string of the molecule is COC1CCCN(C(C)CNC(C)(C)C)C1. The predicted molar refractivity (Wildman–Crippen MR) is 68.8 cm³/mol. The normalized spacial score (nSPS) is 25.7. The summed E-state index contributed by atoms with van der Waals surface area (Å²) in [6.45, 7) is 12.3. The van der Waals surface area contributed by atoms with E-state index >= 15 is 0 Å². The molecule has 0 bridgehead atoms. The van der Waals surface area contributed by atoms with Gasteiger partial charge in [-0.25, -0.2) is 0 Å². The lowest BCUT2D eigenvalue weighted by molar-refractivity contribution is 0.0167. The van der Waals surface area contributed by atoms with Crippen molar-refractivity contribution in [2.75, 3.05) is 26.7 Å². The quantitative estimate of drug-likeness (QED) is 0.795. The van der Waals surface area contributed by atoms with Crippen molar-refractivity contribution in [3.63, 3.8) is 0 Å². The van der Waals surface area contributed by atoms with Crippen LogP contribution in [0.1, 0.15) is 40.5 Å². The molecule has 1 fully saturated rings. The van der Waals surface area contributed by atoms with E-state index in [-0.39, 0.29) is 5.54 Å². The van der Waals surface area contributed by atoms with Crippen molar-refractivity contribution >= 4 is 0 Å². The van der Waals surface area contributed by atoms with Crippen molar-refractivity contribution in [1.82, 2.24) is 10.2 Å². The minimum absolute atomic E-state index is 0.213. The van der Waals surface area contributed by atoms with Gasteiger partial charge in [-0.3, -0.25) is 4.90 Å². The number of ether oxygens (including phenoxy) is 1. The number of nitrogens with one attached hydrogen (secondary N) is 1. The molecular formula is C13H28N2O.